The van der Waals surface area contributed by atoms with Crippen LogP contribution >= 0.6 is 11.8 Å². The summed E-state index contributed by atoms with van der Waals surface area (Å²) in [4.78, 5) is 36.2. The summed E-state index contributed by atoms with van der Waals surface area (Å²) in [5, 5.41) is 14.5. The molecule has 0 aliphatic rings. The summed E-state index contributed by atoms with van der Waals surface area (Å²) in [6.45, 7) is 2.72. The Morgan fingerprint density at radius 2 is 1.65 bits per heavy atom. The second-order valence-electron chi connectivity index (χ2n) is 6.96. The average Bonchev–Trinajstić information content (AvgIpc) is 3.27. The molecule has 2 N–H and O–H groups in total. The largest absolute Gasteiger partial charge is 0.497 e. The minimum absolute atomic E-state index is 0.120. The number of thioether (sulfide) groups is 1. The van der Waals surface area contributed by atoms with E-state index in [4.69, 9.17) is 4.74 Å². The molecule has 178 valence electrons. The van der Waals surface area contributed by atoms with Crippen molar-refractivity contribution in [2.45, 2.75) is 25.2 Å². The lowest BCUT2D eigenvalue weighted by molar-refractivity contribution is -0.113. The number of methoxy groups -OCH3 is 2. The molecule has 2 amide bonds. The molecule has 2 aromatic carbocycles. The number of hydrogen-bond donors (Lipinski definition) is 2. The van der Waals surface area contributed by atoms with Crippen LogP contribution in [0.5, 0.6) is 5.75 Å². The van der Waals surface area contributed by atoms with Crippen LogP contribution < -0.4 is 15.4 Å². The van der Waals surface area contributed by atoms with Crippen molar-refractivity contribution < 1.29 is 23.9 Å². The predicted molar refractivity (Wildman–Crippen MR) is 127 cm³/mol. The second kappa shape index (κ2) is 11.8. The molecule has 0 radical (unpaired) electrons. The quantitative estimate of drug-likeness (QED) is 0.333. The average molecular weight is 484 g/mol. The molecule has 1 aromatic heterocycles. The molecule has 0 atom stereocenters. The normalized spacial score (nSPS) is 10.4. The summed E-state index contributed by atoms with van der Waals surface area (Å²) in [6.07, 6.45) is 0. The van der Waals surface area contributed by atoms with Crippen LogP contribution in [0.4, 0.5) is 5.69 Å². The van der Waals surface area contributed by atoms with Gasteiger partial charge in [0.15, 0.2) is 11.0 Å². The number of carbonyl (C=O) groups excluding carboxylic acids is 3. The molecule has 0 saturated carbocycles. The van der Waals surface area contributed by atoms with Gasteiger partial charge in [0.25, 0.3) is 5.91 Å². The smallest absolute Gasteiger partial charge is 0.337 e. The third kappa shape index (κ3) is 6.35. The number of ether oxygens (including phenoxy) is 2. The van der Waals surface area contributed by atoms with E-state index in [-0.39, 0.29) is 24.1 Å². The van der Waals surface area contributed by atoms with Crippen molar-refractivity contribution in [3.63, 3.8) is 0 Å². The van der Waals surface area contributed by atoms with E-state index in [1.807, 2.05) is 11.5 Å². The first kappa shape index (κ1) is 24.8. The Hall–Kier alpha value is -3.86. The van der Waals surface area contributed by atoms with Gasteiger partial charge >= 0.3 is 5.97 Å². The number of hydrogen-bond acceptors (Lipinski definition) is 8. The van der Waals surface area contributed by atoms with Crippen LogP contribution in [-0.4, -0.2) is 52.5 Å². The predicted octanol–water partition coefficient (Wildman–Crippen LogP) is 2.75. The van der Waals surface area contributed by atoms with E-state index in [2.05, 4.69) is 25.6 Å². The lowest BCUT2D eigenvalue weighted by Crippen LogP contribution is -2.24. The van der Waals surface area contributed by atoms with Gasteiger partial charge in [-0.2, -0.15) is 0 Å². The highest BCUT2D eigenvalue weighted by molar-refractivity contribution is 7.99. The second-order valence-corrected chi connectivity index (χ2v) is 7.90. The summed E-state index contributed by atoms with van der Waals surface area (Å²) in [5.41, 5.74) is 1.48. The Labute approximate surface area is 201 Å². The molecule has 1 heterocycles. The molecule has 0 aliphatic carbocycles. The summed E-state index contributed by atoms with van der Waals surface area (Å²) in [5.74, 6) is 0.478. The van der Waals surface area contributed by atoms with Gasteiger partial charge in [-0.15, -0.1) is 10.2 Å². The molecule has 0 saturated heterocycles. The van der Waals surface area contributed by atoms with E-state index >= 15 is 0 Å². The van der Waals surface area contributed by atoms with Crippen LogP contribution in [0.3, 0.4) is 0 Å². The zero-order chi connectivity index (χ0) is 24.5. The zero-order valence-corrected chi connectivity index (χ0v) is 19.8. The molecule has 34 heavy (non-hydrogen) atoms. The van der Waals surface area contributed by atoms with Gasteiger partial charge in [-0.3, -0.25) is 9.59 Å². The SMILES string of the molecule is CCn1c(CNC(=O)c2ccc(OC)cc2)nnc1SCC(=O)Nc1ccc(C(=O)OC)cc1. The van der Waals surface area contributed by atoms with E-state index in [0.29, 0.717) is 40.1 Å². The monoisotopic (exact) mass is 483 g/mol. The fourth-order valence-electron chi connectivity index (χ4n) is 3.01. The highest BCUT2D eigenvalue weighted by Gasteiger charge is 2.15. The molecule has 11 heteroatoms. The first-order valence-electron chi connectivity index (χ1n) is 10.4. The van der Waals surface area contributed by atoms with Crippen LogP contribution in [0.2, 0.25) is 0 Å². The van der Waals surface area contributed by atoms with Gasteiger partial charge in [-0.1, -0.05) is 11.8 Å². The Morgan fingerprint density at radius 3 is 2.26 bits per heavy atom. The summed E-state index contributed by atoms with van der Waals surface area (Å²) in [7, 11) is 2.88. The van der Waals surface area contributed by atoms with Crippen LogP contribution in [0.1, 0.15) is 33.5 Å². The maximum absolute atomic E-state index is 12.4. The molecule has 0 aliphatic heterocycles. The number of esters is 1. The van der Waals surface area contributed by atoms with Gasteiger partial charge in [0.1, 0.15) is 5.75 Å². The Balaban J connectivity index is 1.53. The van der Waals surface area contributed by atoms with Crippen LogP contribution in [0, 0.1) is 0 Å². The minimum Gasteiger partial charge on any atom is -0.497 e. The van der Waals surface area contributed by atoms with Gasteiger partial charge in [0.2, 0.25) is 5.91 Å². The molecular formula is C23H25N5O5S. The van der Waals surface area contributed by atoms with E-state index < -0.39 is 5.97 Å². The number of nitrogens with zero attached hydrogens (tertiary/aromatic N) is 3. The third-order valence-corrected chi connectivity index (χ3v) is 5.76. The van der Waals surface area contributed by atoms with Crippen LogP contribution in [0.25, 0.3) is 0 Å². The minimum atomic E-state index is -0.441. The van der Waals surface area contributed by atoms with Gasteiger partial charge in [-0.25, -0.2) is 4.79 Å². The molecule has 0 spiro atoms. The van der Waals surface area contributed by atoms with Crippen molar-refractivity contribution in [3.05, 3.63) is 65.5 Å². The van der Waals surface area contributed by atoms with Crippen molar-refractivity contribution in [3.8, 4) is 5.75 Å². The van der Waals surface area contributed by atoms with Gasteiger partial charge in [0.05, 0.1) is 32.1 Å². The summed E-state index contributed by atoms with van der Waals surface area (Å²) < 4.78 is 11.6. The molecule has 3 aromatic rings. The molecule has 0 fully saturated rings. The summed E-state index contributed by atoms with van der Waals surface area (Å²) >= 11 is 1.24. The highest BCUT2D eigenvalue weighted by Crippen LogP contribution is 2.18. The number of amides is 2. The number of anilines is 1. The summed E-state index contributed by atoms with van der Waals surface area (Å²) in [6, 6.07) is 13.2. The zero-order valence-electron chi connectivity index (χ0n) is 19.0. The number of nitrogens with one attached hydrogen (secondary N) is 2. The number of aromatic nitrogens is 3. The lowest BCUT2D eigenvalue weighted by atomic mass is 10.2. The Kier molecular flexibility index (Phi) is 8.63. The standard InChI is InChI=1S/C23H25N5O5S/c1-4-28-19(13-24-21(30)15-7-11-18(32-2)12-8-15)26-27-23(28)34-14-20(29)25-17-9-5-16(6-10-17)22(31)33-3/h5-12H,4,13-14H2,1-3H3,(H,24,30)(H,25,29). The maximum atomic E-state index is 12.4. The molecule has 10 nitrogen and oxygen atoms in total. The Morgan fingerprint density at radius 1 is 0.971 bits per heavy atom. The fraction of sp³-hybridized carbons (Fsp3) is 0.261. The third-order valence-electron chi connectivity index (χ3n) is 4.79. The highest BCUT2D eigenvalue weighted by atomic mass is 32.2. The molecule has 0 unspecified atom stereocenters. The number of carbonyl (C=O) groups is 3. The van der Waals surface area contributed by atoms with Crippen molar-refractivity contribution >= 4 is 35.2 Å². The van der Waals surface area contributed by atoms with Crippen molar-refractivity contribution in [1.29, 1.82) is 0 Å². The fourth-order valence-corrected chi connectivity index (χ4v) is 3.83. The lowest BCUT2D eigenvalue weighted by Gasteiger charge is -2.09. The Bertz CT molecular complexity index is 1150. The van der Waals surface area contributed by atoms with Gasteiger partial charge in [0, 0.05) is 17.8 Å². The molecular weight excluding hydrogens is 458 g/mol. The van der Waals surface area contributed by atoms with Gasteiger partial charge in [-0.05, 0) is 55.5 Å². The number of rotatable bonds is 10. The van der Waals surface area contributed by atoms with Crippen molar-refractivity contribution in [2.24, 2.45) is 0 Å². The van der Waals surface area contributed by atoms with Crippen molar-refractivity contribution in [1.82, 2.24) is 20.1 Å². The van der Waals surface area contributed by atoms with E-state index in [1.54, 1.807) is 55.6 Å². The van der Waals surface area contributed by atoms with Crippen LogP contribution in [-0.2, 0) is 22.6 Å². The molecule has 3 rings (SSSR count). The first-order valence-corrected chi connectivity index (χ1v) is 11.4. The number of benzene rings is 2. The van der Waals surface area contributed by atoms with Gasteiger partial charge < -0.3 is 24.7 Å². The topological polar surface area (TPSA) is 124 Å². The van der Waals surface area contributed by atoms with E-state index in [9.17, 15) is 14.4 Å². The molecule has 0 bridgehead atoms. The van der Waals surface area contributed by atoms with E-state index in [1.165, 1.54) is 18.9 Å². The van der Waals surface area contributed by atoms with Crippen molar-refractivity contribution in [2.75, 3.05) is 25.3 Å². The first-order chi connectivity index (χ1) is 16.4. The van der Waals surface area contributed by atoms with E-state index in [0.717, 1.165) is 0 Å². The van der Waals surface area contributed by atoms with Crippen LogP contribution in [0.15, 0.2) is 53.7 Å². The maximum Gasteiger partial charge on any atom is 0.337 e.